The summed E-state index contributed by atoms with van der Waals surface area (Å²) in [6.45, 7) is 6.56. The van der Waals surface area contributed by atoms with E-state index >= 15 is 0 Å². The van der Waals surface area contributed by atoms with Crippen molar-refractivity contribution in [3.8, 4) is 0 Å². The minimum atomic E-state index is -0.278. The Morgan fingerprint density at radius 2 is 2.24 bits per heavy atom. The van der Waals surface area contributed by atoms with E-state index in [1.807, 2.05) is 34.0 Å². The number of aryl methyl sites for hydroxylation is 2. The Labute approximate surface area is 102 Å². The summed E-state index contributed by atoms with van der Waals surface area (Å²) in [4.78, 5) is 11.6. The third kappa shape index (κ3) is 3.56. The summed E-state index contributed by atoms with van der Waals surface area (Å²) in [6.07, 6.45) is 1.96. The first kappa shape index (κ1) is 13.7. The van der Waals surface area contributed by atoms with E-state index in [1.54, 1.807) is 4.68 Å². The van der Waals surface area contributed by atoms with Crippen LogP contribution >= 0.6 is 0 Å². The third-order valence-corrected chi connectivity index (χ3v) is 2.75. The van der Waals surface area contributed by atoms with Crippen molar-refractivity contribution in [1.29, 1.82) is 0 Å². The molecule has 0 radical (unpaired) electrons. The second kappa shape index (κ2) is 5.82. The second-order valence-electron chi connectivity index (χ2n) is 4.54. The molecule has 0 amide bonds. The van der Waals surface area contributed by atoms with Crippen LogP contribution in [0.4, 0.5) is 0 Å². The molecular weight excluding hydrogens is 218 g/mol. The van der Waals surface area contributed by atoms with E-state index in [4.69, 9.17) is 4.74 Å². The normalized spacial score (nSPS) is 12.8. The summed E-state index contributed by atoms with van der Waals surface area (Å²) in [6, 6.07) is -0.278. The van der Waals surface area contributed by atoms with E-state index in [-0.39, 0.29) is 17.9 Å². The van der Waals surface area contributed by atoms with Crippen molar-refractivity contribution in [2.45, 2.75) is 33.4 Å². The number of carbonyl (C=O) groups is 1. The number of aromatic nitrogens is 2. The average Bonchev–Trinajstić information content (AvgIpc) is 2.57. The van der Waals surface area contributed by atoms with Crippen LogP contribution in [0.25, 0.3) is 0 Å². The highest BCUT2D eigenvalue weighted by Gasteiger charge is 2.22. The van der Waals surface area contributed by atoms with Crippen LogP contribution in [0.5, 0.6) is 0 Å². The van der Waals surface area contributed by atoms with Crippen molar-refractivity contribution in [3.63, 3.8) is 0 Å². The monoisotopic (exact) mass is 239 g/mol. The lowest BCUT2D eigenvalue weighted by Crippen LogP contribution is -2.41. The van der Waals surface area contributed by atoms with Crippen molar-refractivity contribution < 1.29 is 9.53 Å². The number of hydrogen-bond donors (Lipinski definition) is 1. The van der Waals surface area contributed by atoms with Gasteiger partial charge in [0.05, 0.1) is 12.8 Å². The molecule has 96 valence electrons. The van der Waals surface area contributed by atoms with E-state index in [0.29, 0.717) is 6.54 Å². The van der Waals surface area contributed by atoms with Gasteiger partial charge in [-0.3, -0.25) is 14.8 Å². The fourth-order valence-electron chi connectivity index (χ4n) is 1.76. The summed E-state index contributed by atoms with van der Waals surface area (Å²) in [7, 11) is 3.30. The fraction of sp³-hybridized carbons (Fsp3) is 0.667. The van der Waals surface area contributed by atoms with Crippen LogP contribution < -0.4 is 5.32 Å². The first-order valence-corrected chi connectivity index (χ1v) is 5.76. The SMILES string of the molecule is COC(=O)C(NCc1cn(C)nc1C)C(C)C. The summed E-state index contributed by atoms with van der Waals surface area (Å²) >= 11 is 0. The van der Waals surface area contributed by atoms with Gasteiger partial charge in [0.2, 0.25) is 0 Å². The third-order valence-electron chi connectivity index (χ3n) is 2.75. The molecule has 0 saturated carbocycles. The minimum Gasteiger partial charge on any atom is -0.468 e. The predicted octanol–water partition coefficient (Wildman–Crippen LogP) is 1.02. The number of methoxy groups -OCH3 is 1. The smallest absolute Gasteiger partial charge is 0.323 e. The molecule has 5 heteroatoms. The van der Waals surface area contributed by atoms with Gasteiger partial charge in [-0.2, -0.15) is 5.10 Å². The number of hydrogen-bond acceptors (Lipinski definition) is 4. The predicted molar refractivity (Wildman–Crippen MR) is 65.4 cm³/mol. The van der Waals surface area contributed by atoms with Crippen molar-refractivity contribution >= 4 is 5.97 Å². The van der Waals surface area contributed by atoms with E-state index in [9.17, 15) is 4.79 Å². The van der Waals surface area contributed by atoms with Crippen LogP contribution in [0.2, 0.25) is 0 Å². The van der Waals surface area contributed by atoms with Crippen LogP contribution in [0.15, 0.2) is 6.20 Å². The largest absolute Gasteiger partial charge is 0.468 e. The van der Waals surface area contributed by atoms with Gasteiger partial charge >= 0.3 is 5.97 Å². The Morgan fingerprint density at radius 3 is 2.65 bits per heavy atom. The molecule has 5 nitrogen and oxygen atoms in total. The molecule has 17 heavy (non-hydrogen) atoms. The summed E-state index contributed by atoms with van der Waals surface area (Å²) < 4.78 is 6.55. The van der Waals surface area contributed by atoms with Crippen LogP contribution in [0.1, 0.15) is 25.1 Å². The van der Waals surface area contributed by atoms with Gasteiger partial charge in [0, 0.05) is 25.4 Å². The number of rotatable bonds is 5. The molecule has 1 rings (SSSR count). The summed E-state index contributed by atoms with van der Waals surface area (Å²) in [5, 5.41) is 7.47. The van der Waals surface area contributed by atoms with Crippen molar-refractivity contribution in [2.24, 2.45) is 13.0 Å². The molecule has 1 N–H and O–H groups in total. The average molecular weight is 239 g/mol. The number of nitrogens with zero attached hydrogens (tertiary/aromatic N) is 2. The summed E-state index contributed by atoms with van der Waals surface area (Å²) in [5.41, 5.74) is 2.08. The Balaban J connectivity index is 2.64. The molecule has 1 aromatic heterocycles. The lowest BCUT2D eigenvalue weighted by molar-refractivity contribution is -0.144. The molecule has 0 aliphatic rings. The number of carbonyl (C=O) groups excluding carboxylic acids is 1. The zero-order valence-corrected chi connectivity index (χ0v) is 11.2. The van der Waals surface area contributed by atoms with Gasteiger partial charge in [-0.15, -0.1) is 0 Å². The van der Waals surface area contributed by atoms with E-state index in [0.717, 1.165) is 11.3 Å². The van der Waals surface area contributed by atoms with Crippen molar-refractivity contribution in [3.05, 3.63) is 17.5 Å². The number of ether oxygens (including phenoxy) is 1. The van der Waals surface area contributed by atoms with Gasteiger partial charge < -0.3 is 4.74 Å². The highest BCUT2D eigenvalue weighted by atomic mass is 16.5. The maximum atomic E-state index is 11.6. The maximum Gasteiger partial charge on any atom is 0.323 e. The van der Waals surface area contributed by atoms with E-state index in [2.05, 4.69) is 10.4 Å². The molecule has 1 atom stereocenters. The quantitative estimate of drug-likeness (QED) is 0.779. The highest BCUT2D eigenvalue weighted by Crippen LogP contribution is 2.08. The molecule has 0 bridgehead atoms. The standard InChI is InChI=1S/C12H21N3O2/c1-8(2)11(12(16)17-5)13-6-10-7-15(4)14-9(10)3/h7-8,11,13H,6H2,1-5H3. The number of nitrogens with one attached hydrogen (secondary N) is 1. The lowest BCUT2D eigenvalue weighted by Gasteiger charge is -2.19. The molecule has 1 heterocycles. The summed E-state index contributed by atoms with van der Waals surface area (Å²) in [5.74, 6) is -0.0269. The van der Waals surface area contributed by atoms with Gasteiger partial charge in [-0.1, -0.05) is 13.8 Å². The lowest BCUT2D eigenvalue weighted by atomic mass is 10.0. The van der Waals surface area contributed by atoms with Crippen molar-refractivity contribution in [2.75, 3.05) is 7.11 Å². The molecule has 1 aromatic rings. The van der Waals surface area contributed by atoms with Gasteiger partial charge in [-0.25, -0.2) is 0 Å². The first-order valence-electron chi connectivity index (χ1n) is 5.76. The van der Waals surface area contributed by atoms with Crippen LogP contribution in [0.3, 0.4) is 0 Å². The second-order valence-corrected chi connectivity index (χ2v) is 4.54. The van der Waals surface area contributed by atoms with E-state index in [1.165, 1.54) is 7.11 Å². The van der Waals surface area contributed by atoms with Gasteiger partial charge in [0.1, 0.15) is 6.04 Å². The Kier molecular flexibility index (Phi) is 4.69. The fourth-order valence-corrected chi connectivity index (χ4v) is 1.76. The molecule has 0 aromatic carbocycles. The molecule has 0 fully saturated rings. The maximum absolute atomic E-state index is 11.6. The Bertz CT molecular complexity index is 385. The number of esters is 1. The molecular formula is C12H21N3O2. The van der Waals surface area contributed by atoms with Gasteiger partial charge in [-0.05, 0) is 12.8 Å². The molecule has 0 aliphatic carbocycles. The Hall–Kier alpha value is -1.36. The zero-order chi connectivity index (χ0) is 13.0. The van der Waals surface area contributed by atoms with Gasteiger partial charge in [0.25, 0.3) is 0 Å². The minimum absolute atomic E-state index is 0.194. The zero-order valence-electron chi connectivity index (χ0n) is 11.2. The Morgan fingerprint density at radius 1 is 1.59 bits per heavy atom. The van der Waals surface area contributed by atoms with Crippen LogP contribution in [0, 0.1) is 12.8 Å². The molecule has 0 spiro atoms. The van der Waals surface area contributed by atoms with Gasteiger partial charge in [0.15, 0.2) is 0 Å². The van der Waals surface area contributed by atoms with Crippen molar-refractivity contribution in [1.82, 2.24) is 15.1 Å². The molecule has 0 saturated heterocycles. The highest BCUT2D eigenvalue weighted by molar-refractivity contribution is 5.75. The molecule has 0 aliphatic heterocycles. The van der Waals surface area contributed by atoms with Crippen LogP contribution in [-0.2, 0) is 23.1 Å². The topological polar surface area (TPSA) is 56.1 Å². The molecule has 1 unspecified atom stereocenters. The first-order chi connectivity index (χ1) is 7.95. The van der Waals surface area contributed by atoms with Crippen LogP contribution in [-0.4, -0.2) is 28.9 Å². The van der Waals surface area contributed by atoms with E-state index < -0.39 is 0 Å².